The number of alkyl halides is 3. The molecule has 0 aromatic rings. The van der Waals surface area contributed by atoms with Crippen LogP contribution in [0.15, 0.2) is 23.8 Å². The number of hydrogen-bond donors (Lipinski definition) is 0. The topological polar surface area (TPSA) is 6.48 Å². The van der Waals surface area contributed by atoms with Crippen LogP contribution in [0.5, 0.6) is 0 Å². The van der Waals surface area contributed by atoms with Crippen molar-refractivity contribution < 1.29 is 13.2 Å². The van der Waals surface area contributed by atoms with Gasteiger partial charge in [-0.25, -0.2) is 0 Å². The van der Waals surface area contributed by atoms with E-state index in [0.29, 0.717) is 6.42 Å². The molecule has 1 aliphatic heterocycles. The van der Waals surface area contributed by atoms with Crippen molar-refractivity contribution in [3.8, 4) is 0 Å². The minimum atomic E-state index is -4.22. The summed E-state index contributed by atoms with van der Waals surface area (Å²) in [5, 5.41) is 0. The van der Waals surface area contributed by atoms with Gasteiger partial charge in [-0.05, 0) is 13.5 Å². The molecule has 17 heavy (non-hydrogen) atoms. The Kier molecular flexibility index (Phi) is 3.58. The third-order valence-corrected chi connectivity index (χ3v) is 3.38. The summed E-state index contributed by atoms with van der Waals surface area (Å²) in [4.78, 5) is 4.33. The van der Waals surface area contributed by atoms with E-state index in [-0.39, 0.29) is 6.04 Å². The van der Waals surface area contributed by atoms with E-state index in [2.05, 4.69) is 9.80 Å². The van der Waals surface area contributed by atoms with Gasteiger partial charge < -0.3 is 4.90 Å². The first-order valence-corrected chi connectivity index (χ1v) is 5.85. The predicted molar refractivity (Wildman–Crippen MR) is 60.8 cm³/mol. The summed E-state index contributed by atoms with van der Waals surface area (Å²) in [6.07, 6.45) is 0.648. The fourth-order valence-electron chi connectivity index (χ4n) is 2.26. The molecule has 1 unspecified atom stereocenters. The SMILES string of the molecule is CN1CCN(C2C=C(C(F)(F)F)C=CC2)CC1. The van der Waals surface area contributed by atoms with Crippen molar-refractivity contribution in [3.63, 3.8) is 0 Å². The fourth-order valence-corrected chi connectivity index (χ4v) is 2.26. The van der Waals surface area contributed by atoms with Crippen LogP contribution in [-0.2, 0) is 0 Å². The molecule has 0 spiro atoms. The van der Waals surface area contributed by atoms with Crippen molar-refractivity contribution in [1.29, 1.82) is 0 Å². The van der Waals surface area contributed by atoms with Crippen molar-refractivity contribution in [3.05, 3.63) is 23.8 Å². The lowest BCUT2D eigenvalue weighted by molar-refractivity contribution is -0.0891. The molecular formula is C12H17F3N2. The van der Waals surface area contributed by atoms with Crippen LogP contribution in [0.1, 0.15) is 6.42 Å². The van der Waals surface area contributed by atoms with Crippen LogP contribution in [0.3, 0.4) is 0 Å². The minimum absolute atomic E-state index is 0.0923. The van der Waals surface area contributed by atoms with Crippen molar-refractivity contribution in [2.45, 2.75) is 18.6 Å². The Bertz CT molecular complexity index is 325. The summed E-state index contributed by atoms with van der Waals surface area (Å²) < 4.78 is 37.8. The summed E-state index contributed by atoms with van der Waals surface area (Å²) in [5.41, 5.74) is -0.507. The zero-order valence-corrected chi connectivity index (χ0v) is 9.87. The zero-order chi connectivity index (χ0) is 12.5. The van der Waals surface area contributed by atoms with Crippen LogP contribution in [0.25, 0.3) is 0 Å². The van der Waals surface area contributed by atoms with Gasteiger partial charge >= 0.3 is 6.18 Å². The molecule has 1 fully saturated rings. The molecule has 1 saturated heterocycles. The molecule has 0 N–H and O–H groups in total. The number of nitrogens with zero attached hydrogens (tertiary/aromatic N) is 2. The smallest absolute Gasteiger partial charge is 0.304 e. The zero-order valence-electron chi connectivity index (χ0n) is 9.87. The minimum Gasteiger partial charge on any atom is -0.304 e. The summed E-state index contributed by atoms with van der Waals surface area (Å²) in [5.74, 6) is 0. The van der Waals surface area contributed by atoms with Gasteiger partial charge in [-0.2, -0.15) is 13.2 Å². The fraction of sp³-hybridized carbons (Fsp3) is 0.667. The molecule has 1 heterocycles. The molecule has 0 aromatic carbocycles. The number of likely N-dealkylation sites (N-methyl/N-ethyl adjacent to an activating group) is 1. The van der Waals surface area contributed by atoms with Crippen molar-refractivity contribution >= 4 is 0 Å². The quantitative estimate of drug-likeness (QED) is 0.698. The number of allylic oxidation sites excluding steroid dienone is 2. The van der Waals surface area contributed by atoms with Crippen LogP contribution in [0.2, 0.25) is 0 Å². The molecule has 2 nitrogen and oxygen atoms in total. The molecule has 0 amide bonds. The highest BCUT2D eigenvalue weighted by atomic mass is 19.4. The standard InChI is InChI=1S/C12H17F3N2/c1-16-5-7-17(8-6-16)11-4-2-3-10(9-11)12(13,14)15/h2-3,9,11H,4-8H2,1H3. The molecule has 1 atom stereocenters. The Morgan fingerprint density at radius 2 is 1.82 bits per heavy atom. The third-order valence-electron chi connectivity index (χ3n) is 3.38. The second-order valence-corrected chi connectivity index (χ2v) is 4.66. The summed E-state index contributed by atoms with van der Waals surface area (Å²) >= 11 is 0. The molecule has 5 heteroatoms. The molecule has 0 radical (unpaired) electrons. The lowest BCUT2D eigenvalue weighted by atomic mass is 10.0. The van der Waals surface area contributed by atoms with Gasteiger partial charge in [0.25, 0.3) is 0 Å². The Morgan fingerprint density at radius 3 is 2.41 bits per heavy atom. The number of rotatable bonds is 1. The van der Waals surface area contributed by atoms with E-state index in [1.54, 1.807) is 6.08 Å². The molecule has 2 rings (SSSR count). The number of hydrogen-bond acceptors (Lipinski definition) is 2. The second kappa shape index (κ2) is 4.82. The van der Waals surface area contributed by atoms with E-state index in [4.69, 9.17) is 0 Å². The summed E-state index contributed by atoms with van der Waals surface area (Å²) in [6, 6.07) is -0.0923. The lowest BCUT2D eigenvalue weighted by Crippen LogP contribution is -2.48. The normalized spacial score (nSPS) is 28.2. The van der Waals surface area contributed by atoms with E-state index >= 15 is 0 Å². The average molecular weight is 246 g/mol. The maximum atomic E-state index is 12.6. The molecule has 0 saturated carbocycles. The van der Waals surface area contributed by atoms with E-state index in [9.17, 15) is 13.2 Å². The van der Waals surface area contributed by atoms with Crippen LogP contribution >= 0.6 is 0 Å². The monoisotopic (exact) mass is 246 g/mol. The summed E-state index contributed by atoms with van der Waals surface area (Å²) in [6.45, 7) is 3.54. The Labute approximate surface area is 99.4 Å². The van der Waals surface area contributed by atoms with Crippen LogP contribution < -0.4 is 0 Å². The average Bonchev–Trinajstić information content (AvgIpc) is 2.29. The van der Waals surface area contributed by atoms with Gasteiger partial charge in [-0.15, -0.1) is 0 Å². The van der Waals surface area contributed by atoms with Crippen LogP contribution in [0.4, 0.5) is 13.2 Å². The van der Waals surface area contributed by atoms with Gasteiger partial charge in [0.15, 0.2) is 0 Å². The van der Waals surface area contributed by atoms with E-state index < -0.39 is 11.7 Å². The van der Waals surface area contributed by atoms with Gasteiger partial charge in [0.2, 0.25) is 0 Å². The Hall–Kier alpha value is -0.810. The van der Waals surface area contributed by atoms with Crippen LogP contribution in [0, 0.1) is 0 Å². The van der Waals surface area contributed by atoms with Crippen molar-refractivity contribution in [1.82, 2.24) is 9.80 Å². The maximum Gasteiger partial charge on any atom is 0.416 e. The predicted octanol–water partition coefficient (Wildman–Crippen LogP) is 2.05. The van der Waals surface area contributed by atoms with Crippen LogP contribution in [-0.4, -0.2) is 55.2 Å². The first-order chi connectivity index (χ1) is 7.97. The Balaban J connectivity index is 2.03. The van der Waals surface area contributed by atoms with Gasteiger partial charge in [0.1, 0.15) is 0 Å². The highest BCUT2D eigenvalue weighted by molar-refractivity contribution is 5.29. The second-order valence-electron chi connectivity index (χ2n) is 4.66. The molecule has 0 bridgehead atoms. The van der Waals surface area contributed by atoms with E-state index in [0.717, 1.165) is 26.2 Å². The molecule has 1 aliphatic carbocycles. The van der Waals surface area contributed by atoms with Crippen molar-refractivity contribution in [2.24, 2.45) is 0 Å². The molecular weight excluding hydrogens is 229 g/mol. The molecule has 0 aromatic heterocycles. The van der Waals surface area contributed by atoms with Gasteiger partial charge in [-0.3, -0.25) is 4.90 Å². The van der Waals surface area contributed by atoms with Gasteiger partial charge in [0.05, 0.1) is 5.57 Å². The highest BCUT2D eigenvalue weighted by Crippen LogP contribution is 2.30. The highest BCUT2D eigenvalue weighted by Gasteiger charge is 2.34. The first kappa shape index (κ1) is 12.6. The maximum absolute atomic E-state index is 12.6. The van der Waals surface area contributed by atoms with E-state index in [1.807, 2.05) is 7.05 Å². The first-order valence-electron chi connectivity index (χ1n) is 5.85. The largest absolute Gasteiger partial charge is 0.416 e. The van der Waals surface area contributed by atoms with Gasteiger partial charge in [0, 0.05) is 32.2 Å². The number of halogens is 3. The molecule has 2 aliphatic rings. The number of piperazine rings is 1. The van der Waals surface area contributed by atoms with E-state index in [1.165, 1.54) is 12.2 Å². The van der Waals surface area contributed by atoms with Gasteiger partial charge in [-0.1, -0.05) is 18.2 Å². The van der Waals surface area contributed by atoms with Crippen molar-refractivity contribution in [2.75, 3.05) is 33.2 Å². The molecule has 96 valence electrons. The Morgan fingerprint density at radius 1 is 1.18 bits per heavy atom. The lowest BCUT2D eigenvalue weighted by Gasteiger charge is -2.37. The summed E-state index contributed by atoms with van der Waals surface area (Å²) in [7, 11) is 2.04. The third kappa shape index (κ3) is 3.10.